The van der Waals surface area contributed by atoms with E-state index in [-0.39, 0.29) is 53.7 Å². The fourth-order valence-corrected chi connectivity index (χ4v) is 9.48. The van der Waals surface area contributed by atoms with Gasteiger partial charge in [-0.1, -0.05) is 27.7 Å². The molecule has 3 aromatic rings. The molecule has 15 heteroatoms. The van der Waals surface area contributed by atoms with Gasteiger partial charge in [-0.15, -0.1) is 0 Å². The summed E-state index contributed by atoms with van der Waals surface area (Å²) in [7, 11) is 3.05. The van der Waals surface area contributed by atoms with E-state index in [0.717, 1.165) is 57.2 Å². The lowest BCUT2D eigenvalue weighted by atomic mass is 9.49. The lowest BCUT2D eigenvalue weighted by Crippen LogP contribution is -2.74. The van der Waals surface area contributed by atoms with E-state index in [4.69, 9.17) is 18.9 Å². The predicted molar refractivity (Wildman–Crippen MR) is 225 cm³/mol. The van der Waals surface area contributed by atoms with Crippen molar-refractivity contribution in [2.75, 3.05) is 76.4 Å². The minimum Gasteiger partial charge on any atom is -0.496 e. The summed E-state index contributed by atoms with van der Waals surface area (Å²) in [5.74, 6) is 0.0997. The summed E-state index contributed by atoms with van der Waals surface area (Å²) in [5.41, 5.74) is 2.62. The normalized spacial score (nSPS) is 23.7. The number of carbonyl (C=O) groups excluding carboxylic acids is 4. The number of hydrogen-bond donors (Lipinski definition) is 3. The second-order valence-corrected chi connectivity index (χ2v) is 17.2. The largest absolute Gasteiger partial charge is 0.496 e. The number of anilines is 2. The summed E-state index contributed by atoms with van der Waals surface area (Å²) in [6, 6.07) is 19.7. The molecule has 3 saturated heterocycles. The number of hydrogen-bond acceptors (Lipinski definition) is 12. The highest BCUT2D eigenvalue weighted by molar-refractivity contribution is 6.04. The Kier molecular flexibility index (Phi) is 12.3. The Morgan fingerprint density at radius 2 is 1.55 bits per heavy atom. The molecule has 3 aromatic carbocycles. The molecule has 0 bridgehead atoms. The van der Waals surface area contributed by atoms with E-state index < -0.39 is 17.9 Å². The van der Waals surface area contributed by atoms with E-state index in [1.165, 1.54) is 14.2 Å². The van der Waals surface area contributed by atoms with Crippen LogP contribution in [0.3, 0.4) is 0 Å². The summed E-state index contributed by atoms with van der Waals surface area (Å²) < 4.78 is 23.6. The van der Waals surface area contributed by atoms with Crippen molar-refractivity contribution in [3.8, 4) is 23.3 Å². The molecule has 3 heterocycles. The Morgan fingerprint density at radius 1 is 0.850 bits per heavy atom. The van der Waals surface area contributed by atoms with Crippen LogP contribution in [0.4, 0.5) is 11.4 Å². The molecule has 0 spiro atoms. The molecule has 1 unspecified atom stereocenters. The van der Waals surface area contributed by atoms with Gasteiger partial charge >= 0.3 is 0 Å². The van der Waals surface area contributed by atoms with Crippen molar-refractivity contribution in [3.63, 3.8) is 0 Å². The number of piperidine rings is 1. The summed E-state index contributed by atoms with van der Waals surface area (Å²) in [4.78, 5) is 57.3. The number of amides is 4. The van der Waals surface area contributed by atoms with Gasteiger partial charge in [0.1, 0.15) is 35.5 Å². The Labute approximate surface area is 351 Å². The first-order valence-corrected chi connectivity index (χ1v) is 20.5. The van der Waals surface area contributed by atoms with Crippen molar-refractivity contribution in [1.82, 2.24) is 20.9 Å². The van der Waals surface area contributed by atoms with Crippen molar-refractivity contribution < 1.29 is 38.1 Å². The van der Waals surface area contributed by atoms with Crippen LogP contribution >= 0.6 is 0 Å². The maximum atomic E-state index is 13.6. The third-order valence-corrected chi connectivity index (χ3v) is 12.5. The first kappa shape index (κ1) is 42.3. The number of benzene rings is 3. The Morgan fingerprint density at radius 3 is 2.22 bits per heavy atom. The molecule has 318 valence electrons. The van der Waals surface area contributed by atoms with Crippen LogP contribution in [0.5, 0.6) is 17.2 Å². The molecular formula is C45H55N7O8. The Balaban J connectivity index is 0.885. The van der Waals surface area contributed by atoms with Crippen LogP contribution in [0.2, 0.25) is 0 Å². The molecule has 4 fully saturated rings. The average Bonchev–Trinajstić information content (AvgIpc) is 3.25. The molecule has 3 N–H and O–H groups in total. The third kappa shape index (κ3) is 8.71. The Hall–Kier alpha value is -5.85. The molecule has 7 rings (SSSR count). The highest BCUT2D eigenvalue weighted by Gasteiger charge is 2.64. The van der Waals surface area contributed by atoms with Gasteiger partial charge in [0.05, 0.1) is 38.1 Å². The lowest BCUT2D eigenvalue weighted by molar-refractivity contribution is -0.164. The van der Waals surface area contributed by atoms with E-state index in [9.17, 15) is 24.4 Å². The van der Waals surface area contributed by atoms with Gasteiger partial charge in [0.25, 0.3) is 11.8 Å². The molecular weight excluding hydrogens is 767 g/mol. The SMILES string of the molecule is COc1cc(O[C@H]2C(C)(C)[C@H](NC(=O)c3ccc(N4CCO[C@@H](CN5CCN(c6ccc(C(=O)NC7CCC(=O)NC7=O)c(OC)c6)CC5)C4)cc3)C2(C)C)ccc1C#N. The van der Waals surface area contributed by atoms with Gasteiger partial charge in [-0.25, -0.2) is 0 Å². The summed E-state index contributed by atoms with van der Waals surface area (Å²) in [6.07, 6.45) is 0.279. The number of ether oxygens (including phenoxy) is 4. The molecule has 0 aromatic heterocycles. The number of nitriles is 1. The van der Waals surface area contributed by atoms with Gasteiger partial charge in [0, 0.05) is 98.2 Å². The Bertz CT molecular complexity index is 2130. The molecule has 1 saturated carbocycles. The van der Waals surface area contributed by atoms with Gasteiger partial charge in [0.15, 0.2) is 0 Å². The molecule has 4 amide bonds. The van der Waals surface area contributed by atoms with Crippen molar-refractivity contribution >= 4 is 35.0 Å². The number of nitrogens with zero attached hydrogens (tertiary/aromatic N) is 4. The lowest BCUT2D eigenvalue weighted by Gasteiger charge is -2.63. The molecule has 3 aliphatic heterocycles. The smallest absolute Gasteiger partial charge is 0.255 e. The zero-order chi connectivity index (χ0) is 42.8. The first-order valence-electron chi connectivity index (χ1n) is 20.5. The molecule has 0 radical (unpaired) electrons. The minimum absolute atomic E-state index is 0.0270. The van der Waals surface area contributed by atoms with Crippen LogP contribution in [0.1, 0.15) is 66.8 Å². The van der Waals surface area contributed by atoms with Crippen LogP contribution in [0, 0.1) is 22.2 Å². The topological polar surface area (TPSA) is 175 Å². The first-order chi connectivity index (χ1) is 28.7. The number of carbonyl (C=O) groups is 4. The third-order valence-electron chi connectivity index (χ3n) is 12.5. The van der Waals surface area contributed by atoms with Crippen molar-refractivity contribution in [2.24, 2.45) is 10.8 Å². The maximum Gasteiger partial charge on any atom is 0.255 e. The number of rotatable bonds is 12. The monoisotopic (exact) mass is 821 g/mol. The summed E-state index contributed by atoms with van der Waals surface area (Å²) in [5, 5.41) is 17.6. The van der Waals surface area contributed by atoms with E-state index >= 15 is 0 Å². The van der Waals surface area contributed by atoms with Crippen molar-refractivity contribution in [3.05, 3.63) is 77.4 Å². The number of morpholine rings is 1. The minimum atomic E-state index is -0.768. The molecule has 4 aliphatic rings. The van der Waals surface area contributed by atoms with Gasteiger partial charge in [-0.05, 0) is 55.0 Å². The highest BCUT2D eigenvalue weighted by Crippen LogP contribution is 2.55. The zero-order valence-electron chi connectivity index (χ0n) is 35.2. The standard InChI is InChI=1S/C45H55N7O8/c1-44(2)42(45(3,4)43(44)60-32-13-9-29(25-46)36(24-32)57-5)49-39(54)28-7-10-30(11-8-28)52-21-22-59-33(27-52)26-50-17-19-51(20-18-50)31-12-14-34(37(23-31)58-6)40(55)47-35-15-16-38(53)48-41(35)56/h7-14,23-24,33,35,42-43H,15-22,26-27H2,1-6H3,(H,47,55)(H,49,54)(H,48,53,56)/t33-,35?,42-,43-/m0/s1. The van der Waals surface area contributed by atoms with Crippen molar-refractivity contribution in [1.29, 1.82) is 5.26 Å². The van der Waals surface area contributed by atoms with Crippen LogP contribution in [0.15, 0.2) is 60.7 Å². The van der Waals surface area contributed by atoms with Gasteiger partial charge in [-0.3, -0.25) is 29.4 Å². The van der Waals surface area contributed by atoms with Gasteiger partial charge in [0.2, 0.25) is 11.8 Å². The number of piperazine rings is 1. The summed E-state index contributed by atoms with van der Waals surface area (Å²) >= 11 is 0. The van der Waals surface area contributed by atoms with Crippen LogP contribution in [0.25, 0.3) is 0 Å². The maximum absolute atomic E-state index is 13.6. The second-order valence-electron chi connectivity index (χ2n) is 17.2. The molecule has 1 aliphatic carbocycles. The average molecular weight is 822 g/mol. The fraction of sp³-hybridized carbons (Fsp3) is 0.489. The van der Waals surface area contributed by atoms with Crippen molar-refractivity contribution in [2.45, 2.75) is 64.8 Å². The zero-order valence-corrected chi connectivity index (χ0v) is 35.2. The molecule has 2 atom stereocenters. The number of nitrogens with one attached hydrogen (secondary N) is 3. The molecule has 15 nitrogen and oxygen atoms in total. The van der Waals surface area contributed by atoms with Gasteiger partial charge in [-0.2, -0.15) is 5.26 Å². The number of imide groups is 1. The predicted octanol–water partition coefficient (Wildman–Crippen LogP) is 3.75. The van der Waals surface area contributed by atoms with Crippen LogP contribution < -0.4 is 40.0 Å². The molecule has 60 heavy (non-hydrogen) atoms. The fourth-order valence-electron chi connectivity index (χ4n) is 9.48. The van der Waals surface area contributed by atoms with Gasteiger partial charge < -0.3 is 39.4 Å². The van der Waals surface area contributed by atoms with Crippen LogP contribution in [-0.2, 0) is 14.3 Å². The van der Waals surface area contributed by atoms with E-state index in [1.54, 1.807) is 24.3 Å². The van der Waals surface area contributed by atoms with Crippen LogP contribution in [-0.4, -0.2) is 119 Å². The number of methoxy groups -OCH3 is 2. The second kappa shape index (κ2) is 17.4. The quantitative estimate of drug-likeness (QED) is 0.226. The van der Waals surface area contributed by atoms with E-state index in [0.29, 0.717) is 40.5 Å². The summed E-state index contributed by atoms with van der Waals surface area (Å²) in [6.45, 7) is 14.6. The van der Waals surface area contributed by atoms with E-state index in [1.807, 2.05) is 36.4 Å². The van der Waals surface area contributed by atoms with E-state index in [2.05, 4.69) is 64.4 Å². The highest BCUT2D eigenvalue weighted by atomic mass is 16.5.